The van der Waals surface area contributed by atoms with Gasteiger partial charge in [0, 0.05) is 17.4 Å². The molecule has 16 heavy (non-hydrogen) atoms. The minimum atomic E-state index is 0.228. The molecule has 0 bridgehead atoms. The smallest absolute Gasteiger partial charge is 0.0443 e. The monoisotopic (exact) mass is 215 g/mol. The van der Waals surface area contributed by atoms with Crippen LogP contribution in [-0.2, 0) is 6.42 Å². The van der Waals surface area contributed by atoms with Crippen molar-refractivity contribution < 1.29 is 0 Å². The van der Waals surface area contributed by atoms with Gasteiger partial charge in [0.05, 0.1) is 0 Å². The van der Waals surface area contributed by atoms with Crippen molar-refractivity contribution in [3.05, 3.63) is 41.6 Å². The molecule has 1 heterocycles. The van der Waals surface area contributed by atoms with E-state index < -0.39 is 0 Å². The Bertz CT molecular complexity index is 411. The summed E-state index contributed by atoms with van der Waals surface area (Å²) in [6.07, 6.45) is 4.68. The molecule has 0 atom stereocenters. The first-order valence-corrected chi connectivity index (χ1v) is 6.03. The summed E-state index contributed by atoms with van der Waals surface area (Å²) in [6, 6.07) is 8.75. The third-order valence-electron chi connectivity index (χ3n) is 3.30. The summed E-state index contributed by atoms with van der Waals surface area (Å²) in [5, 5.41) is 0. The van der Waals surface area contributed by atoms with E-state index in [1.165, 1.54) is 29.7 Å². The van der Waals surface area contributed by atoms with E-state index in [2.05, 4.69) is 63.1 Å². The summed E-state index contributed by atoms with van der Waals surface area (Å²) in [4.78, 5) is 2.43. The first-order chi connectivity index (χ1) is 7.50. The Labute approximate surface area is 98.8 Å². The van der Waals surface area contributed by atoms with Crippen LogP contribution < -0.4 is 4.90 Å². The van der Waals surface area contributed by atoms with E-state index in [9.17, 15) is 0 Å². The van der Waals surface area contributed by atoms with Crippen molar-refractivity contribution in [1.29, 1.82) is 0 Å². The number of para-hydroxylation sites is 1. The molecule has 1 heteroatoms. The Morgan fingerprint density at radius 3 is 2.62 bits per heavy atom. The highest BCUT2D eigenvalue weighted by Gasteiger charge is 2.30. The van der Waals surface area contributed by atoms with Crippen molar-refractivity contribution in [1.82, 2.24) is 0 Å². The van der Waals surface area contributed by atoms with Crippen LogP contribution >= 0.6 is 0 Å². The normalized spacial score (nSPS) is 17.9. The van der Waals surface area contributed by atoms with E-state index in [1.807, 2.05) is 0 Å². The highest BCUT2D eigenvalue weighted by Crippen LogP contribution is 2.37. The number of allylic oxidation sites excluding steroid dienone is 1. The van der Waals surface area contributed by atoms with E-state index in [4.69, 9.17) is 0 Å². The maximum absolute atomic E-state index is 2.43. The third kappa shape index (κ3) is 1.99. The molecule has 0 unspecified atom stereocenters. The van der Waals surface area contributed by atoms with Crippen molar-refractivity contribution in [2.45, 2.75) is 46.1 Å². The van der Waals surface area contributed by atoms with Gasteiger partial charge in [-0.2, -0.15) is 0 Å². The quantitative estimate of drug-likeness (QED) is 0.680. The van der Waals surface area contributed by atoms with Gasteiger partial charge < -0.3 is 4.90 Å². The molecule has 0 aliphatic carbocycles. The van der Waals surface area contributed by atoms with Crippen LogP contribution in [0.15, 0.2) is 36.0 Å². The summed E-state index contributed by atoms with van der Waals surface area (Å²) in [5.74, 6) is 0. The molecule has 0 fully saturated rings. The number of hydrogen-bond acceptors (Lipinski definition) is 1. The second-order valence-corrected chi connectivity index (χ2v) is 5.52. The van der Waals surface area contributed by atoms with Crippen molar-refractivity contribution in [2.24, 2.45) is 0 Å². The predicted octanol–water partition coefficient (Wildman–Crippen LogP) is 4.14. The van der Waals surface area contributed by atoms with Crippen molar-refractivity contribution in [2.75, 3.05) is 4.90 Å². The second kappa shape index (κ2) is 3.97. The maximum atomic E-state index is 2.43. The van der Waals surface area contributed by atoms with E-state index >= 15 is 0 Å². The third-order valence-corrected chi connectivity index (χ3v) is 3.30. The minimum Gasteiger partial charge on any atom is -0.342 e. The van der Waals surface area contributed by atoms with Crippen LogP contribution in [0.2, 0.25) is 0 Å². The van der Waals surface area contributed by atoms with Crippen molar-refractivity contribution in [3.63, 3.8) is 0 Å². The first kappa shape index (κ1) is 11.3. The van der Waals surface area contributed by atoms with Gasteiger partial charge in [-0.1, -0.05) is 23.8 Å². The lowest BCUT2D eigenvalue weighted by molar-refractivity contribution is 0.443. The van der Waals surface area contributed by atoms with E-state index in [-0.39, 0.29) is 5.54 Å². The van der Waals surface area contributed by atoms with Crippen molar-refractivity contribution >= 4 is 5.69 Å². The number of fused-ring (bicyclic) bond motifs is 1. The van der Waals surface area contributed by atoms with Gasteiger partial charge in [-0.3, -0.25) is 0 Å². The number of rotatable bonds is 1. The molecule has 0 saturated carbocycles. The van der Waals surface area contributed by atoms with Crippen LogP contribution in [0.5, 0.6) is 0 Å². The van der Waals surface area contributed by atoms with Crippen LogP contribution in [0.25, 0.3) is 0 Å². The molecule has 1 aromatic rings. The Balaban J connectivity index is 2.49. The molecule has 0 aromatic heterocycles. The van der Waals surface area contributed by atoms with Gasteiger partial charge in [-0.05, 0) is 52.2 Å². The average molecular weight is 215 g/mol. The number of anilines is 1. The fourth-order valence-electron chi connectivity index (χ4n) is 2.35. The van der Waals surface area contributed by atoms with Gasteiger partial charge >= 0.3 is 0 Å². The molecule has 0 amide bonds. The second-order valence-electron chi connectivity index (χ2n) is 5.52. The molecule has 1 nitrogen and oxygen atoms in total. The first-order valence-electron chi connectivity index (χ1n) is 6.03. The SMILES string of the molecule is CC(C)=CN1c2ccccc2CCC1(C)C. The minimum absolute atomic E-state index is 0.228. The molecule has 0 saturated heterocycles. The molecule has 86 valence electrons. The van der Waals surface area contributed by atoms with Gasteiger partial charge in [0.1, 0.15) is 0 Å². The zero-order valence-corrected chi connectivity index (χ0v) is 10.7. The lowest BCUT2D eigenvalue weighted by Gasteiger charge is -2.43. The van der Waals surface area contributed by atoms with Gasteiger partial charge in [-0.25, -0.2) is 0 Å². The number of nitrogens with zero attached hydrogens (tertiary/aromatic N) is 1. The maximum Gasteiger partial charge on any atom is 0.0443 e. The highest BCUT2D eigenvalue weighted by molar-refractivity contribution is 5.60. The van der Waals surface area contributed by atoms with E-state index in [0.29, 0.717) is 0 Å². The molecular weight excluding hydrogens is 194 g/mol. The summed E-state index contributed by atoms with van der Waals surface area (Å²) in [5.41, 5.74) is 4.43. The lowest BCUT2D eigenvalue weighted by Crippen LogP contribution is -2.44. The molecule has 0 radical (unpaired) electrons. The molecule has 0 N–H and O–H groups in total. The molecule has 1 aliphatic heterocycles. The summed E-state index contributed by atoms with van der Waals surface area (Å²) >= 11 is 0. The number of benzene rings is 1. The van der Waals surface area contributed by atoms with Crippen LogP contribution in [0.3, 0.4) is 0 Å². The molecule has 1 aliphatic rings. The average Bonchev–Trinajstić information content (AvgIpc) is 2.22. The standard InChI is InChI=1S/C15H21N/c1-12(2)11-16-14-8-6-5-7-13(14)9-10-15(16,3)4/h5-8,11H,9-10H2,1-4H3. The Hall–Kier alpha value is -1.24. The summed E-state index contributed by atoms with van der Waals surface area (Å²) in [6.45, 7) is 8.96. The Morgan fingerprint density at radius 2 is 1.94 bits per heavy atom. The zero-order chi connectivity index (χ0) is 11.8. The summed E-state index contributed by atoms with van der Waals surface area (Å²) < 4.78 is 0. The number of hydrogen-bond donors (Lipinski definition) is 0. The van der Waals surface area contributed by atoms with E-state index in [0.717, 1.165) is 0 Å². The predicted molar refractivity (Wildman–Crippen MR) is 70.8 cm³/mol. The van der Waals surface area contributed by atoms with Crippen LogP contribution in [0.4, 0.5) is 5.69 Å². The van der Waals surface area contributed by atoms with Crippen LogP contribution in [0, 0.1) is 0 Å². The fourth-order valence-corrected chi connectivity index (χ4v) is 2.35. The fraction of sp³-hybridized carbons (Fsp3) is 0.467. The zero-order valence-electron chi connectivity index (χ0n) is 10.7. The Morgan fingerprint density at radius 1 is 1.25 bits per heavy atom. The molecule has 2 rings (SSSR count). The number of aryl methyl sites for hydroxylation is 1. The molecule has 0 spiro atoms. The van der Waals surface area contributed by atoms with Gasteiger partial charge in [-0.15, -0.1) is 0 Å². The highest BCUT2D eigenvalue weighted by atomic mass is 15.2. The largest absolute Gasteiger partial charge is 0.342 e. The van der Waals surface area contributed by atoms with Crippen LogP contribution in [-0.4, -0.2) is 5.54 Å². The Kier molecular flexibility index (Phi) is 2.79. The topological polar surface area (TPSA) is 3.24 Å². The lowest BCUT2D eigenvalue weighted by atomic mass is 9.87. The molecule has 1 aromatic carbocycles. The van der Waals surface area contributed by atoms with Crippen LogP contribution in [0.1, 0.15) is 39.7 Å². The van der Waals surface area contributed by atoms with Crippen molar-refractivity contribution in [3.8, 4) is 0 Å². The van der Waals surface area contributed by atoms with Gasteiger partial charge in [0.2, 0.25) is 0 Å². The summed E-state index contributed by atoms with van der Waals surface area (Å²) in [7, 11) is 0. The van der Waals surface area contributed by atoms with Gasteiger partial charge in [0.15, 0.2) is 0 Å². The van der Waals surface area contributed by atoms with E-state index in [1.54, 1.807) is 0 Å². The molecular formula is C15H21N. The van der Waals surface area contributed by atoms with Gasteiger partial charge in [0.25, 0.3) is 0 Å².